The Morgan fingerprint density at radius 3 is 1.63 bits per heavy atom. The van der Waals surface area contributed by atoms with Crippen LogP contribution in [0.3, 0.4) is 0 Å². The molecule has 0 bridgehead atoms. The first kappa shape index (κ1) is 11.3. The Balaban J connectivity index is 1.63. The highest BCUT2D eigenvalue weighted by molar-refractivity contribution is 5.38. The van der Waals surface area contributed by atoms with E-state index in [1.807, 2.05) is 0 Å². The second-order valence-corrected chi connectivity index (χ2v) is 6.65. The van der Waals surface area contributed by atoms with E-state index in [1.54, 1.807) is 22.3 Å². The van der Waals surface area contributed by atoms with Crippen LogP contribution in [0, 0.1) is 11.3 Å². The molecule has 0 saturated carbocycles. The van der Waals surface area contributed by atoms with E-state index in [0.29, 0.717) is 5.41 Å². The first-order valence-electron chi connectivity index (χ1n) is 7.38. The third-order valence-electron chi connectivity index (χ3n) is 5.34. The van der Waals surface area contributed by atoms with E-state index < -0.39 is 0 Å². The summed E-state index contributed by atoms with van der Waals surface area (Å²) < 4.78 is 0. The van der Waals surface area contributed by atoms with Gasteiger partial charge >= 0.3 is 0 Å². The van der Waals surface area contributed by atoms with E-state index in [2.05, 4.69) is 55.5 Å². The molecule has 0 heteroatoms. The smallest absolute Gasteiger partial charge is 0.0210 e. The normalized spacial score (nSPS) is 20.3. The summed E-state index contributed by atoms with van der Waals surface area (Å²) in [5, 5.41) is 0. The van der Waals surface area contributed by atoms with Gasteiger partial charge < -0.3 is 0 Å². The van der Waals surface area contributed by atoms with Crippen molar-refractivity contribution in [1.29, 1.82) is 0 Å². The van der Waals surface area contributed by atoms with Crippen molar-refractivity contribution in [3.05, 3.63) is 70.8 Å². The van der Waals surface area contributed by atoms with Crippen molar-refractivity contribution in [2.45, 2.75) is 32.6 Å². The quantitative estimate of drug-likeness (QED) is 0.709. The summed E-state index contributed by atoms with van der Waals surface area (Å²) in [5.41, 5.74) is 6.80. The van der Waals surface area contributed by atoms with Gasteiger partial charge in [-0.2, -0.15) is 0 Å². The van der Waals surface area contributed by atoms with Crippen LogP contribution in [0.4, 0.5) is 0 Å². The molecule has 96 valence electrons. The van der Waals surface area contributed by atoms with Gasteiger partial charge in [-0.1, -0.05) is 55.5 Å². The SMILES string of the molecule is CC1(C2Cc3ccccc3C2)Cc2ccccc2C1. The molecule has 0 unspecified atom stereocenters. The summed E-state index contributed by atoms with van der Waals surface area (Å²) in [6.07, 6.45) is 5.09. The van der Waals surface area contributed by atoms with Crippen LogP contribution in [0.1, 0.15) is 29.2 Å². The minimum Gasteiger partial charge on any atom is -0.0620 e. The summed E-state index contributed by atoms with van der Waals surface area (Å²) in [6, 6.07) is 18.0. The van der Waals surface area contributed by atoms with Crippen molar-refractivity contribution in [2.24, 2.45) is 11.3 Å². The second-order valence-electron chi connectivity index (χ2n) is 6.65. The monoisotopic (exact) mass is 248 g/mol. The van der Waals surface area contributed by atoms with Gasteiger partial charge in [-0.25, -0.2) is 0 Å². The van der Waals surface area contributed by atoms with Crippen molar-refractivity contribution >= 4 is 0 Å². The summed E-state index contributed by atoms with van der Waals surface area (Å²) in [5.74, 6) is 0.817. The lowest BCUT2D eigenvalue weighted by atomic mass is 9.73. The predicted molar refractivity (Wildman–Crippen MR) is 79.3 cm³/mol. The van der Waals surface area contributed by atoms with Gasteiger partial charge in [0, 0.05) is 0 Å². The molecule has 0 spiro atoms. The van der Waals surface area contributed by atoms with Crippen molar-refractivity contribution in [2.75, 3.05) is 0 Å². The highest BCUT2D eigenvalue weighted by Gasteiger charge is 2.41. The van der Waals surface area contributed by atoms with Gasteiger partial charge in [-0.15, -0.1) is 0 Å². The van der Waals surface area contributed by atoms with Gasteiger partial charge in [0.1, 0.15) is 0 Å². The van der Waals surface area contributed by atoms with Crippen molar-refractivity contribution in [1.82, 2.24) is 0 Å². The number of hydrogen-bond donors (Lipinski definition) is 0. The van der Waals surface area contributed by atoms with Crippen LogP contribution in [0.2, 0.25) is 0 Å². The van der Waals surface area contributed by atoms with Gasteiger partial charge in [-0.05, 0) is 59.3 Å². The molecule has 2 aliphatic rings. The Labute approximate surface area is 115 Å². The molecular weight excluding hydrogens is 228 g/mol. The molecular formula is C19H20. The lowest BCUT2D eigenvalue weighted by Crippen LogP contribution is -2.28. The lowest BCUT2D eigenvalue weighted by Gasteiger charge is -2.31. The maximum absolute atomic E-state index is 2.50. The molecule has 0 N–H and O–H groups in total. The topological polar surface area (TPSA) is 0 Å². The highest BCUT2D eigenvalue weighted by atomic mass is 14.5. The minimum atomic E-state index is 0.461. The molecule has 2 aliphatic carbocycles. The molecule has 0 saturated heterocycles. The van der Waals surface area contributed by atoms with Gasteiger partial charge in [0.2, 0.25) is 0 Å². The standard InChI is InChI=1S/C19H20/c1-19(12-16-8-4-5-9-17(16)13-19)18-10-14-6-2-3-7-15(14)11-18/h2-9,18H,10-13H2,1H3. The first-order valence-corrected chi connectivity index (χ1v) is 7.38. The number of rotatable bonds is 1. The summed E-state index contributed by atoms with van der Waals surface area (Å²) in [7, 11) is 0. The highest BCUT2D eigenvalue weighted by Crippen LogP contribution is 2.47. The van der Waals surface area contributed by atoms with Crippen LogP contribution in [0.15, 0.2) is 48.5 Å². The Kier molecular flexibility index (Phi) is 2.35. The fourth-order valence-corrected chi connectivity index (χ4v) is 4.18. The Hall–Kier alpha value is -1.56. The largest absolute Gasteiger partial charge is 0.0620 e. The molecule has 0 radical (unpaired) electrons. The number of hydrogen-bond acceptors (Lipinski definition) is 0. The molecule has 0 heterocycles. The zero-order valence-corrected chi connectivity index (χ0v) is 11.5. The third kappa shape index (κ3) is 1.74. The molecule has 0 amide bonds. The summed E-state index contributed by atoms with van der Waals surface area (Å²) in [4.78, 5) is 0. The molecule has 2 aromatic carbocycles. The minimum absolute atomic E-state index is 0.461. The van der Waals surface area contributed by atoms with Crippen LogP contribution in [-0.4, -0.2) is 0 Å². The third-order valence-corrected chi connectivity index (χ3v) is 5.34. The molecule has 2 aromatic rings. The average molecular weight is 248 g/mol. The Morgan fingerprint density at radius 1 is 0.737 bits per heavy atom. The van der Waals surface area contributed by atoms with E-state index in [9.17, 15) is 0 Å². The van der Waals surface area contributed by atoms with E-state index in [-0.39, 0.29) is 0 Å². The van der Waals surface area contributed by atoms with E-state index in [4.69, 9.17) is 0 Å². The van der Waals surface area contributed by atoms with Gasteiger partial charge in [0.15, 0.2) is 0 Å². The fourth-order valence-electron chi connectivity index (χ4n) is 4.18. The number of fused-ring (bicyclic) bond motifs is 2. The molecule has 0 fully saturated rings. The Morgan fingerprint density at radius 2 is 1.16 bits per heavy atom. The van der Waals surface area contributed by atoms with Gasteiger partial charge in [-0.3, -0.25) is 0 Å². The van der Waals surface area contributed by atoms with E-state index in [0.717, 1.165) is 5.92 Å². The van der Waals surface area contributed by atoms with Crippen molar-refractivity contribution in [3.63, 3.8) is 0 Å². The predicted octanol–water partition coefficient (Wildman–Crippen LogP) is 4.21. The molecule has 0 aliphatic heterocycles. The maximum atomic E-state index is 2.50. The maximum Gasteiger partial charge on any atom is -0.0210 e. The van der Waals surface area contributed by atoms with E-state index >= 15 is 0 Å². The molecule has 0 aromatic heterocycles. The van der Waals surface area contributed by atoms with Crippen LogP contribution in [-0.2, 0) is 25.7 Å². The van der Waals surface area contributed by atoms with Crippen LogP contribution in [0.5, 0.6) is 0 Å². The summed E-state index contributed by atoms with van der Waals surface area (Å²) in [6.45, 7) is 2.50. The molecule has 0 nitrogen and oxygen atoms in total. The summed E-state index contributed by atoms with van der Waals surface area (Å²) >= 11 is 0. The van der Waals surface area contributed by atoms with Gasteiger partial charge in [0.25, 0.3) is 0 Å². The first-order chi connectivity index (χ1) is 9.24. The van der Waals surface area contributed by atoms with Crippen molar-refractivity contribution < 1.29 is 0 Å². The van der Waals surface area contributed by atoms with Crippen LogP contribution >= 0.6 is 0 Å². The van der Waals surface area contributed by atoms with Crippen LogP contribution in [0.25, 0.3) is 0 Å². The fraction of sp³-hybridized carbons (Fsp3) is 0.368. The van der Waals surface area contributed by atoms with Crippen molar-refractivity contribution in [3.8, 4) is 0 Å². The lowest BCUT2D eigenvalue weighted by molar-refractivity contribution is 0.206. The molecule has 19 heavy (non-hydrogen) atoms. The van der Waals surface area contributed by atoms with Gasteiger partial charge in [0.05, 0.1) is 0 Å². The Bertz CT molecular complexity index is 573. The molecule has 0 atom stereocenters. The van der Waals surface area contributed by atoms with Crippen LogP contribution < -0.4 is 0 Å². The number of benzene rings is 2. The molecule has 4 rings (SSSR count). The average Bonchev–Trinajstić information content (AvgIpc) is 2.98. The second kappa shape index (κ2) is 3.96. The zero-order valence-electron chi connectivity index (χ0n) is 11.5. The van der Waals surface area contributed by atoms with E-state index in [1.165, 1.54) is 25.7 Å². The zero-order chi connectivity index (χ0) is 12.9.